The number of carbonyl (C=O) groups is 2. The lowest BCUT2D eigenvalue weighted by Gasteiger charge is -2.48. The molecule has 1 fully saturated rings. The van der Waals surface area contributed by atoms with Crippen molar-refractivity contribution in [2.45, 2.75) is 108 Å². The predicted octanol–water partition coefficient (Wildman–Crippen LogP) is 7.93. The first-order chi connectivity index (χ1) is 19.6. The molecule has 1 aliphatic heterocycles. The van der Waals surface area contributed by atoms with Crippen LogP contribution < -0.4 is 0 Å². The normalized spacial score (nSPS) is 16.8. The summed E-state index contributed by atoms with van der Waals surface area (Å²) in [7, 11) is 0. The molecular weight excluding hydrogens is 657 g/mol. The first kappa shape index (κ1) is 46.1. The zero-order valence-electron chi connectivity index (χ0n) is 23.3. The number of carbonyl (C=O) groups excluding carboxylic acids is 2. The second-order valence-corrected chi connectivity index (χ2v) is 8.47. The van der Waals surface area contributed by atoms with Gasteiger partial charge in [0.05, 0.1) is 19.3 Å². The lowest BCUT2D eigenvalue weighted by Crippen LogP contribution is -2.68. The van der Waals surface area contributed by atoms with E-state index in [0.717, 1.165) is 19.4 Å². The third-order valence-electron chi connectivity index (χ3n) is 4.95. The fourth-order valence-corrected chi connectivity index (χ4v) is 2.25. The molecule has 6 nitrogen and oxygen atoms in total. The highest BCUT2D eigenvalue weighted by molar-refractivity contribution is 5.81. The Morgan fingerprint density at radius 3 is 1.45 bits per heavy atom. The summed E-state index contributed by atoms with van der Waals surface area (Å²) >= 11 is 0. The predicted molar refractivity (Wildman–Crippen MR) is 121 cm³/mol. The Labute approximate surface area is 241 Å². The monoisotopic (exact) mass is 688 g/mol. The number of alkyl halides is 15. The number of hydrogen-bond donors (Lipinski definition) is 1. The van der Waals surface area contributed by atoms with Crippen molar-refractivity contribution in [3.63, 3.8) is 0 Å². The van der Waals surface area contributed by atoms with Gasteiger partial charge in [-0.1, -0.05) is 33.3 Å². The van der Waals surface area contributed by atoms with Gasteiger partial charge in [-0.3, -0.25) is 4.79 Å². The van der Waals surface area contributed by atoms with Gasteiger partial charge < -0.3 is 24.1 Å². The van der Waals surface area contributed by atoms with Crippen LogP contribution in [-0.2, 0) is 23.8 Å². The number of rotatable bonds is 10. The van der Waals surface area contributed by atoms with Crippen molar-refractivity contribution in [2.75, 3.05) is 13.2 Å². The maximum Gasteiger partial charge on any atom is 0.449 e. The fraction of sp³-hybridized carbons (Fsp3) is 0.826. The Morgan fingerprint density at radius 1 is 0.864 bits per heavy atom. The third kappa shape index (κ3) is 15.1. The number of aliphatic hydroxyl groups is 1. The fourth-order valence-electron chi connectivity index (χ4n) is 2.25. The highest BCUT2D eigenvalue weighted by atomic mass is 19.4. The van der Waals surface area contributed by atoms with Crippen LogP contribution in [0.3, 0.4) is 0 Å². The number of halogens is 15. The van der Waals surface area contributed by atoms with Crippen molar-refractivity contribution in [3.8, 4) is 0 Å². The van der Waals surface area contributed by atoms with Gasteiger partial charge in [0.25, 0.3) is 11.2 Å². The second-order valence-electron chi connectivity index (χ2n) is 8.47. The molecule has 1 aliphatic rings. The molecule has 0 aromatic rings. The molecule has 0 spiro atoms. The number of ketones is 1. The van der Waals surface area contributed by atoms with Gasteiger partial charge in [-0.25, -0.2) is 0 Å². The van der Waals surface area contributed by atoms with Crippen LogP contribution in [0.2, 0.25) is 0 Å². The van der Waals surface area contributed by atoms with Crippen molar-refractivity contribution in [1.82, 2.24) is 0 Å². The quantitative estimate of drug-likeness (QED) is 0.109. The molecule has 0 aromatic heterocycles. The van der Waals surface area contributed by atoms with Crippen LogP contribution in [0.15, 0.2) is 12.8 Å². The van der Waals surface area contributed by atoms with E-state index < -0.39 is 73.3 Å². The van der Waals surface area contributed by atoms with Gasteiger partial charge in [-0.05, 0) is 12.8 Å². The molecule has 1 atom stereocenters. The molecule has 0 bridgehead atoms. The van der Waals surface area contributed by atoms with Gasteiger partial charge in [0.1, 0.15) is 6.29 Å². The summed E-state index contributed by atoms with van der Waals surface area (Å²) in [6, 6.07) is 0. The number of aldehydes is 1. The van der Waals surface area contributed by atoms with E-state index in [1.165, 1.54) is 12.7 Å². The van der Waals surface area contributed by atoms with E-state index in [9.17, 15) is 75.4 Å². The lowest BCUT2D eigenvalue weighted by atomic mass is 9.92. The van der Waals surface area contributed by atoms with Crippen molar-refractivity contribution in [2.24, 2.45) is 0 Å². The Bertz CT molecular complexity index is 794. The van der Waals surface area contributed by atoms with E-state index in [2.05, 4.69) is 18.2 Å². The standard InChI is InChI=1S/C9H12F6O2.C6H12O.C5H4F6O2.C3H3F3O/c1-2-3-4-16-6-5-7(17-6,8(10,11)12)9(13,14)15;1-3-5-6-7-4-2;6-4(7,8)3(13,1-2-12)5(9,10)11;1-2(7)3(4,5)6/h6H,2-5H2,1H3;4H,2-3,5-6H2,1H3;2,13H,1H2;1H3. The summed E-state index contributed by atoms with van der Waals surface area (Å²) in [5, 5.41) is 8.20. The number of unbranched alkanes of at least 4 members (excludes halogenated alkanes) is 2. The van der Waals surface area contributed by atoms with E-state index in [1.807, 2.05) is 6.92 Å². The van der Waals surface area contributed by atoms with Gasteiger partial charge in [0, 0.05) is 20.0 Å². The van der Waals surface area contributed by atoms with E-state index in [0.29, 0.717) is 13.3 Å². The molecule has 1 unspecified atom stereocenters. The van der Waals surface area contributed by atoms with Gasteiger partial charge in [-0.2, -0.15) is 65.9 Å². The number of ether oxygens (including phenoxy) is 3. The average Bonchev–Trinajstić information content (AvgIpc) is 2.78. The first-order valence-corrected chi connectivity index (χ1v) is 12.1. The molecule has 1 saturated heterocycles. The maximum absolute atomic E-state index is 12.3. The van der Waals surface area contributed by atoms with Crippen LogP contribution in [-0.4, -0.2) is 78.8 Å². The third-order valence-corrected chi connectivity index (χ3v) is 4.95. The number of hydrogen-bond acceptors (Lipinski definition) is 6. The minimum absolute atomic E-state index is 0.0902. The first-order valence-electron chi connectivity index (χ1n) is 12.1. The van der Waals surface area contributed by atoms with Crippen molar-refractivity contribution >= 4 is 12.1 Å². The van der Waals surface area contributed by atoms with Crippen LogP contribution in [0.1, 0.15) is 59.3 Å². The minimum Gasteiger partial charge on any atom is -0.502 e. The Balaban J connectivity index is -0.000000550. The van der Waals surface area contributed by atoms with Crippen LogP contribution in [0.25, 0.3) is 0 Å². The molecule has 1 N–H and O–H groups in total. The van der Waals surface area contributed by atoms with Crippen molar-refractivity contribution in [3.05, 3.63) is 12.8 Å². The Kier molecular flexibility index (Phi) is 19.5. The van der Waals surface area contributed by atoms with Gasteiger partial charge in [-0.15, -0.1) is 0 Å². The van der Waals surface area contributed by atoms with Crippen LogP contribution in [0.5, 0.6) is 0 Å². The molecular formula is C23H31F15O6. The Hall–Kier alpha value is -2.29. The number of Topliss-reactive ketones (excluding diaryl/α,β-unsaturated/α-hetero) is 1. The lowest BCUT2D eigenvalue weighted by molar-refractivity contribution is -0.470. The molecule has 264 valence electrons. The maximum atomic E-state index is 12.3. The van der Waals surface area contributed by atoms with Crippen LogP contribution in [0, 0.1) is 0 Å². The van der Waals surface area contributed by atoms with Gasteiger partial charge >= 0.3 is 30.9 Å². The summed E-state index contributed by atoms with van der Waals surface area (Å²) in [6.45, 7) is 8.76. The molecule has 0 aromatic carbocycles. The minimum atomic E-state index is -5.91. The zero-order valence-corrected chi connectivity index (χ0v) is 23.3. The summed E-state index contributed by atoms with van der Waals surface area (Å²) in [5.41, 5.74) is -9.00. The molecule has 0 saturated carbocycles. The summed E-state index contributed by atoms with van der Waals surface area (Å²) in [6.07, 6.45) is -27.7. The molecule has 1 rings (SSSR count). The van der Waals surface area contributed by atoms with E-state index in [1.54, 1.807) is 0 Å². The van der Waals surface area contributed by atoms with E-state index in [-0.39, 0.29) is 6.61 Å². The van der Waals surface area contributed by atoms with E-state index >= 15 is 0 Å². The van der Waals surface area contributed by atoms with E-state index in [4.69, 9.17) is 14.6 Å². The molecule has 44 heavy (non-hydrogen) atoms. The largest absolute Gasteiger partial charge is 0.502 e. The molecule has 0 aliphatic carbocycles. The molecule has 0 amide bonds. The summed E-state index contributed by atoms with van der Waals surface area (Å²) in [4.78, 5) is 18.9. The SMILES string of the molecule is C=COCCCC.CC(=O)C(F)(F)F.CCCCOC1CC(C(F)(F)F)(C(F)(F)F)O1.O=CCC(O)(C(F)(F)F)C(F)(F)F. The van der Waals surface area contributed by atoms with Crippen LogP contribution in [0.4, 0.5) is 65.9 Å². The molecule has 0 radical (unpaired) electrons. The van der Waals surface area contributed by atoms with Gasteiger partial charge in [0.2, 0.25) is 5.78 Å². The van der Waals surface area contributed by atoms with Gasteiger partial charge in [0.15, 0.2) is 6.29 Å². The van der Waals surface area contributed by atoms with Crippen molar-refractivity contribution in [1.29, 1.82) is 0 Å². The Morgan fingerprint density at radius 2 is 1.23 bits per heavy atom. The highest BCUT2D eigenvalue weighted by Crippen LogP contribution is 2.55. The van der Waals surface area contributed by atoms with Crippen LogP contribution >= 0.6 is 0 Å². The summed E-state index contributed by atoms with van der Waals surface area (Å²) < 4.78 is 190. The van der Waals surface area contributed by atoms with Crippen molar-refractivity contribution < 1.29 is 94.8 Å². The second kappa shape index (κ2) is 18.6. The summed E-state index contributed by atoms with van der Waals surface area (Å²) in [5.74, 6) is -1.76. The zero-order chi connectivity index (χ0) is 35.8. The smallest absolute Gasteiger partial charge is 0.449 e. The highest BCUT2D eigenvalue weighted by Gasteiger charge is 2.78. The molecule has 21 heteroatoms. The topological polar surface area (TPSA) is 82.1 Å². The molecule has 1 heterocycles. The average molecular weight is 688 g/mol.